The van der Waals surface area contributed by atoms with Crippen LogP contribution in [0, 0.1) is 32.1 Å². The van der Waals surface area contributed by atoms with Gasteiger partial charge < -0.3 is 4.90 Å². The molecule has 33 heavy (non-hydrogen) atoms. The summed E-state index contributed by atoms with van der Waals surface area (Å²) >= 11 is 0. The van der Waals surface area contributed by atoms with E-state index in [0.29, 0.717) is 42.3 Å². The Bertz CT molecular complexity index is 1540. The molecule has 1 fully saturated rings. The molecule has 0 aliphatic carbocycles. The molecule has 1 aliphatic rings. The number of imidazole rings is 1. The number of benzene rings is 2. The van der Waals surface area contributed by atoms with Crippen molar-refractivity contribution in [3.05, 3.63) is 70.8 Å². The van der Waals surface area contributed by atoms with Crippen LogP contribution in [0.4, 0.5) is 5.82 Å². The fourth-order valence-corrected chi connectivity index (χ4v) is 6.32. The molecule has 168 valence electrons. The minimum Gasteiger partial charge on any atom is -0.355 e. The second-order valence-electron chi connectivity index (χ2n) is 8.59. The van der Waals surface area contributed by atoms with Crippen molar-refractivity contribution in [1.29, 1.82) is 5.26 Å². The van der Waals surface area contributed by atoms with E-state index in [9.17, 15) is 13.7 Å². The van der Waals surface area contributed by atoms with Crippen LogP contribution in [-0.4, -0.2) is 48.3 Å². The van der Waals surface area contributed by atoms with E-state index in [4.69, 9.17) is 4.98 Å². The molecule has 5 rings (SSSR count). The molecule has 0 bridgehead atoms. The summed E-state index contributed by atoms with van der Waals surface area (Å²) in [6, 6.07) is 17.6. The maximum atomic E-state index is 13.3. The Morgan fingerprint density at radius 2 is 1.67 bits per heavy atom. The summed E-state index contributed by atoms with van der Waals surface area (Å²) in [5, 5.41) is 9.72. The van der Waals surface area contributed by atoms with E-state index in [-0.39, 0.29) is 0 Å². The minimum absolute atomic E-state index is 0.374. The molecule has 2 aromatic heterocycles. The van der Waals surface area contributed by atoms with Gasteiger partial charge in [0.25, 0.3) is 0 Å². The van der Waals surface area contributed by atoms with Gasteiger partial charge in [0.15, 0.2) is 5.65 Å². The highest BCUT2D eigenvalue weighted by atomic mass is 32.2. The Labute approximate surface area is 193 Å². The van der Waals surface area contributed by atoms with Crippen LogP contribution in [0.25, 0.3) is 16.7 Å². The molecule has 7 nitrogen and oxygen atoms in total. The fraction of sp³-hybridized carbons (Fsp3) is 0.280. The van der Waals surface area contributed by atoms with Crippen LogP contribution >= 0.6 is 0 Å². The van der Waals surface area contributed by atoms with E-state index in [1.54, 1.807) is 10.4 Å². The lowest BCUT2D eigenvalue weighted by Gasteiger charge is -2.36. The van der Waals surface area contributed by atoms with Crippen molar-refractivity contribution in [3.63, 3.8) is 0 Å². The number of aryl methyl sites for hydroxylation is 3. The van der Waals surface area contributed by atoms with Crippen LogP contribution in [0.2, 0.25) is 0 Å². The summed E-state index contributed by atoms with van der Waals surface area (Å²) in [6.07, 6.45) is 0. The van der Waals surface area contributed by atoms with E-state index in [1.165, 1.54) is 0 Å². The Balaban J connectivity index is 1.51. The number of nitrogens with zero attached hydrogens (tertiary/aromatic N) is 5. The average molecular weight is 460 g/mol. The molecule has 0 atom stereocenters. The lowest BCUT2D eigenvalue weighted by atomic mass is 10.1. The maximum absolute atomic E-state index is 13.3. The standard InChI is InChI=1S/C25H25N5O2S/c1-17-8-9-23(19(3)14-17)33(31,32)29-12-10-28(11-13-29)24-15-18(2)20(16-26)25-27-21-6-4-5-7-22(21)30(24)25/h4-9,14-15H,10-13H2,1-3H3. The second kappa shape index (κ2) is 7.87. The van der Waals surface area contributed by atoms with Crippen molar-refractivity contribution >= 4 is 32.5 Å². The topological polar surface area (TPSA) is 81.7 Å². The van der Waals surface area contributed by atoms with E-state index in [0.717, 1.165) is 33.5 Å². The zero-order valence-electron chi connectivity index (χ0n) is 18.9. The SMILES string of the molecule is Cc1ccc(S(=O)(=O)N2CCN(c3cc(C)c(C#N)c4nc5ccccc5n34)CC2)c(C)c1. The lowest BCUT2D eigenvalue weighted by Crippen LogP contribution is -2.49. The van der Waals surface area contributed by atoms with E-state index in [1.807, 2.05) is 67.6 Å². The summed E-state index contributed by atoms with van der Waals surface area (Å²) in [5.74, 6) is 0.929. The predicted molar refractivity (Wildman–Crippen MR) is 129 cm³/mol. The number of pyridine rings is 1. The second-order valence-corrected chi connectivity index (χ2v) is 10.5. The first kappa shape index (κ1) is 21.4. The quantitative estimate of drug-likeness (QED) is 0.466. The molecule has 0 amide bonds. The number of hydrogen-bond acceptors (Lipinski definition) is 5. The van der Waals surface area contributed by atoms with Crippen molar-refractivity contribution in [2.45, 2.75) is 25.7 Å². The van der Waals surface area contributed by atoms with Crippen molar-refractivity contribution < 1.29 is 8.42 Å². The predicted octanol–water partition coefficient (Wildman–Crippen LogP) is 3.80. The molecular formula is C25H25N5O2S. The molecule has 8 heteroatoms. The molecule has 4 aromatic rings. The number of aromatic nitrogens is 2. The van der Waals surface area contributed by atoms with Gasteiger partial charge in [0.1, 0.15) is 11.9 Å². The number of fused-ring (bicyclic) bond motifs is 3. The third kappa shape index (κ3) is 3.45. The first-order valence-electron chi connectivity index (χ1n) is 10.9. The van der Waals surface area contributed by atoms with Gasteiger partial charge in [0, 0.05) is 26.2 Å². The number of anilines is 1. The van der Waals surface area contributed by atoms with Crippen LogP contribution in [-0.2, 0) is 10.0 Å². The Morgan fingerprint density at radius 1 is 0.939 bits per heavy atom. The first-order chi connectivity index (χ1) is 15.8. The van der Waals surface area contributed by atoms with E-state index >= 15 is 0 Å². The summed E-state index contributed by atoms with van der Waals surface area (Å²) in [7, 11) is -3.56. The molecule has 2 aromatic carbocycles. The van der Waals surface area contributed by atoms with Crippen LogP contribution in [0.5, 0.6) is 0 Å². The summed E-state index contributed by atoms with van der Waals surface area (Å²) in [5.41, 5.74) is 5.64. The van der Waals surface area contributed by atoms with Crippen molar-refractivity contribution in [3.8, 4) is 6.07 Å². The van der Waals surface area contributed by atoms with Crippen molar-refractivity contribution in [1.82, 2.24) is 13.7 Å². The van der Waals surface area contributed by atoms with Gasteiger partial charge in [0.2, 0.25) is 10.0 Å². The zero-order valence-corrected chi connectivity index (χ0v) is 19.7. The fourth-order valence-electron chi connectivity index (χ4n) is 4.69. The number of para-hydroxylation sites is 2. The molecule has 1 saturated heterocycles. The van der Waals surface area contributed by atoms with Crippen molar-refractivity contribution in [2.24, 2.45) is 0 Å². The van der Waals surface area contributed by atoms with Gasteiger partial charge in [-0.15, -0.1) is 0 Å². The average Bonchev–Trinajstić information content (AvgIpc) is 3.17. The highest BCUT2D eigenvalue weighted by Gasteiger charge is 2.31. The molecule has 0 spiro atoms. The Morgan fingerprint density at radius 3 is 2.36 bits per heavy atom. The molecular weight excluding hydrogens is 434 g/mol. The number of piperazine rings is 1. The van der Waals surface area contributed by atoms with Gasteiger partial charge >= 0.3 is 0 Å². The minimum atomic E-state index is -3.56. The largest absolute Gasteiger partial charge is 0.355 e. The smallest absolute Gasteiger partial charge is 0.243 e. The molecule has 0 radical (unpaired) electrons. The third-order valence-electron chi connectivity index (χ3n) is 6.38. The van der Waals surface area contributed by atoms with Gasteiger partial charge in [-0.05, 0) is 56.2 Å². The van der Waals surface area contributed by atoms with E-state index in [2.05, 4.69) is 11.0 Å². The van der Waals surface area contributed by atoms with Gasteiger partial charge in [-0.2, -0.15) is 9.57 Å². The number of rotatable bonds is 3. The zero-order chi connectivity index (χ0) is 23.3. The first-order valence-corrected chi connectivity index (χ1v) is 12.4. The van der Waals surface area contributed by atoms with Gasteiger partial charge in [-0.1, -0.05) is 29.8 Å². The summed E-state index contributed by atoms with van der Waals surface area (Å²) in [4.78, 5) is 7.28. The van der Waals surface area contributed by atoms with Crippen LogP contribution in [0.1, 0.15) is 22.3 Å². The maximum Gasteiger partial charge on any atom is 0.243 e. The van der Waals surface area contributed by atoms with Crippen LogP contribution < -0.4 is 4.90 Å². The Hall–Kier alpha value is -3.41. The molecule has 1 aliphatic heterocycles. The summed E-state index contributed by atoms with van der Waals surface area (Å²) < 4.78 is 30.2. The molecule has 3 heterocycles. The number of nitriles is 1. The van der Waals surface area contributed by atoms with Crippen LogP contribution in [0.15, 0.2) is 53.4 Å². The van der Waals surface area contributed by atoms with Crippen molar-refractivity contribution in [2.75, 3.05) is 31.1 Å². The molecule has 0 saturated carbocycles. The van der Waals surface area contributed by atoms with Gasteiger partial charge in [-0.25, -0.2) is 13.4 Å². The molecule has 0 unspecified atom stereocenters. The highest BCUT2D eigenvalue weighted by Crippen LogP contribution is 2.30. The number of sulfonamides is 1. The van der Waals surface area contributed by atoms with Crippen LogP contribution in [0.3, 0.4) is 0 Å². The highest BCUT2D eigenvalue weighted by molar-refractivity contribution is 7.89. The molecule has 0 N–H and O–H groups in total. The Kier molecular flexibility index (Phi) is 5.11. The normalized spacial score (nSPS) is 15.3. The van der Waals surface area contributed by atoms with E-state index < -0.39 is 10.0 Å². The summed E-state index contributed by atoms with van der Waals surface area (Å²) in [6.45, 7) is 7.61. The monoisotopic (exact) mass is 459 g/mol. The lowest BCUT2D eigenvalue weighted by molar-refractivity contribution is 0.383. The van der Waals surface area contributed by atoms with Gasteiger partial charge in [0.05, 0.1) is 21.5 Å². The van der Waals surface area contributed by atoms with Gasteiger partial charge in [-0.3, -0.25) is 4.40 Å². The third-order valence-corrected chi connectivity index (χ3v) is 8.43. The number of hydrogen-bond donors (Lipinski definition) is 0.